The van der Waals surface area contributed by atoms with Crippen LogP contribution in [0, 0.1) is 16.7 Å². The molecule has 1 amide bonds. The van der Waals surface area contributed by atoms with Crippen molar-refractivity contribution < 1.29 is 14.6 Å². The van der Waals surface area contributed by atoms with E-state index in [4.69, 9.17) is 10.00 Å². The van der Waals surface area contributed by atoms with Gasteiger partial charge in [0, 0.05) is 6.54 Å². The van der Waals surface area contributed by atoms with Crippen molar-refractivity contribution in [2.24, 2.45) is 5.41 Å². The Kier molecular flexibility index (Phi) is 6.15. The van der Waals surface area contributed by atoms with Gasteiger partial charge in [-0.3, -0.25) is 4.79 Å². The van der Waals surface area contributed by atoms with Gasteiger partial charge in [-0.05, 0) is 37.1 Å². The third-order valence-corrected chi connectivity index (χ3v) is 3.79. The molecule has 2 N–H and O–H groups in total. The molecule has 0 fully saturated rings. The van der Waals surface area contributed by atoms with E-state index < -0.39 is 17.4 Å². The van der Waals surface area contributed by atoms with E-state index in [9.17, 15) is 9.90 Å². The highest BCUT2D eigenvalue weighted by molar-refractivity contribution is 5.84. The minimum Gasteiger partial charge on any atom is -0.489 e. The Bertz CT molecular complexity index is 751. The maximum Gasteiger partial charge on any atom is 0.240 e. The van der Waals surface area contributed by atoms with Gasteiger partial charge in [0.25, 0.3) is 0 Å². The van der Waals surface area contributed by atoms with Crippen LogP contribution in [0.15, 0.2) is 54.6 Å². The molecule has 0 spiro atoms. The third kappa shape index (κ3) is 5.33. The van der Waals surface area contributed by atoms with Gasteiger partial charge < -0.3 is 15.2 Å². The zero-order valence-electron chi connectivity index (χ0n) is 14.4. The number of benzene rings is 2. The number of hydrogen-bond acceptors (Lipinski definition) is 4. The standard InChI is InChI=1S/C20H22N2O3/c1-20(2,14-21)19(24)22-12-18(23)16-9-6-10-17(11-16)25-13-15-7-4-3-5-8-15/h3-11,18,23H,12-13H2,1-2H3,(H,22,24)/t18-/m1/s1. The second kappa shape index (κ2) is 8.32. The molecule has 25 heavy (non-hydrogen) atoms. The Balaban J connectivity index is 1.93. The van der Waals surface area contributed by atoms with Gasteiger partial charge in [0.1, 0.15) is 17.8 Å². The lowest BCUT2D eigenvalue weighted by Crippen LogP contribution is -2.38. The number of ether oxygens (including phenoxy) is 1. The summed E-state index contributed by atoms with van der Waals surface area (Å²) in [7, 11) is 0. The Morgan fingerprint density at radius 3 is 2.64 bits per heavy atom. The van der Waals surface area contributed by atoms with Crippen LogP contribution in [0.4, 0.5) is 0 Å². The molecular weight excluding hydrogens is 316 g/mol. The lowest BCUT2D eigenvalue weighted by molar-refractivity contribution is -0.127. The van der Waals surface area contributed by atoms with Crippen molar-refractivity contribution in [1.29, 1.82) is 5.26 Å². The van der Waals surface area contributed by atoms with Crippen LogP contribution in [0.25, 0.3) is 0 Å². The van der Waals surface area contributed by atoms with E-state index in [1.807, 2.05) is 42.5 Å². The predicted molar refractivity (Wildman–Crippen MR) is 94.6 cm³/mol. The summed E-state index contributed by atoms with van der Waals surface area (Å²) >= 11 is 0. The Hall–Kier alpha value is -2.84. The van der Waals surface area contributed by atoms with Crippen molar-refractivity contribution in [2.45, 2.75) is 26.6 Å². The summed E-state index contributed by atoms with van der Waals surface area (Å²) in [6.07, 6.45) is -0.876. The monoisotopic (exact) mass is 338 g/mol. The molecule has 2 aromatic rings. The molecule has 5 nitrogen and oxygen atoms in total. The van der Waals surface area contributed by atoms with E-state index in [1.165, 1.54) is 13.8 Å². The van der Waals surface area contributed by atoms with Crippen molar-refractivity contribution in [3.63, 3.8) is 0 Å². The summed E-state index contributed by atoms with van der Waals surface area (Å²) < 4.78 is 5.74. The fraction of sp³-hybridized carbons (Fsp3) is 0.300. The molecule has 0 radical (unpaired) electrons. The van der Waals surface area contributed by atoms with E-state index >= 15 is 0 Å². The number of amides is 1. The lowest BCUT2D eigenvalue weighted by atomic mass is 9.94. The number of carbonyl (C=O) groups excluding carboxylic acids is 1. The Morgan fingerprint density at radius 2 is 1.96 bits per heavy atom. The number of aliphatic hydroxyl groups is 1. The summed E-state index contributed by atoms with van der Waals surface area (Å²) in [4.78, 5) is 11.9. The predicted octanol–water partition coefficient (Wildman–Crippen LogP) is 2.96. The largest absolute Gasteiger partial charge is 0.489 e. The molecule has 0 saturated carbocycles. The molecule has 5 heteroatoms. The minimum atomic E-state index is -1.12. The van der Waals surface area contributed by atoms with Gasteiger partial charge in [0.05, 0.1) is 12.2 Å². The molecule has 0 aliphatic heterocycles. The molecule has 2 aromatic carbocycles. The fourth-order valence-corrected chi connectivity index (χ4v) is 2.13. The third-order valence-electron chi connectivity index (χ3n) is 3.79. The summed E-state index contributed by atoms with van der Waals surface area (Å²) in [5, 5.41) is 21.8. The van der Waals surface area contributed by atoms with Gasteiger partial charge in [0.15, 0.2) is 0 Å². The number of hydrogen-bond donors (Lipinski definition) is 2. The first kappa shape index (κ1) is 18.5. The number of nitrogens with one attached hydrogen (secondary N) is 1. The quantitative estimate of drug-likeness (QED) is 0.813. The molecule has 0 saturated heterocycles. The molecule has 0 aliphatic carbocycles. The smallest absolute Gasteiger partial charge is 0.240 e. The average molecular weight is 338 g/mol. The van der Waals surface area contributed by atoms with Crippen LogP contribution in [0.5, 0.6) is 5.75 Å². The average Bonchev–Trinajstić information content (AvgIpc) is 2.65. The summed E-state index contributed by atoms with van der Waals surface area (Å²) in [6, 6.07) is 18.8. The summed E-state index contributed by atoms with van der Waals surface area (Å²) in [6.45, 7) is 3.54. The molecule has 0 heterocycles. The van der Waals surface area contributed by atoms with Crippen LogP contribution in [-0.2, 0) is 11.4 Å². The molecule has 2 rings (SSSR count). The highest BCUT2D eigenvalue weighted by Gasteiger charge is 2.27. The molecule has 130 valence electrons. The van der Waals surface area contributed by atoms with Gasteiger partial charge in [-0.2, -0.15) is 5.26 Å². The van der Waals surface area contributed by atoms with Gasteiger partial charge in [0.2, 0.25) is 5.91 Å². The van der Waals surface area contributed by atoms with Crippen molar-refractivity contribution in [3.8, 4) is 11.8 Å². The van der Waals surface area contributed by atoms with Crippen molar-refractivity contribution in [2.75, 3.05) is 6.54 Å². The van der Waals surface area contributed by atoms with Crippen LogP contribution in [0.1, 0.15) is 31.1 Å². The van der Waals surface area contributed by atoms with Crippen molar-refractivity contribution in [1.82, 2.24) is 5.32 Å². The van der Waals surface area contributed by atoms with E-state index in [0.717, 1.165) is 5.56 Å². The second-order valence-corrected chi connectivity index (χ2v) is 6.31. The molecule has 0 aliphatic rings. The fourth-order valence-electron chi connectivity index (χ4n) is 2.13. The van der Waals surface area contributed by atoms with Gasteiger partial charge >= 0.3 is 0 Å². The van der Waals surface area contributed by atoms with Crippen molar-refractivity contribution >= 4 is 5.91 Å². The summed E-state index contributed by atoms with van der Waals surface area (Å²) in [5.41, 5.74) is 0.570. The van der Waals surface area contributed by atoms with Crippen molar-refractivity contribution in [3.05, 3.63) is 65.7 Å². The minimum absolute atomic E-state index is 0.0338. The molecule has 0 unspecified atom stereocenters. The molecule has 1 atom stereocenters. The first-order valence-electron chi connectivity index (χ1n) is 8.06. The van der Waals surface area contributed by atoms with Crippen LogP contribution < -0.4 is 10.1 Å². The lowest BCUT2D eigenvalue weighted by Gasteiger charge is -2.18. The number of carbonyl (C=O) groups is 1. The molecular formula is C20H22N2O3. The van der Waals surface area contributed by atoms with Gasteiger partial charge in [-0.25, -0.2) is 0 Å². The zero-order valence-corrected chi connectivity index (χ0v) is 14.4. The number of nitrogens with zero attached hydrogens (tertiary/aromatic N) is 1. The number of nitriles is 1. The zero-order chi connectivity index (χ0) is 18.3. The SMILES string of the molecule is CC(C)(C#N)C(=O)NC[C@@H](O)c1cccc(OCc2ccccc2)c1. The summed E-state index contributed by atoms with van der Waals surface area (Å²) in [5.74, 6) is 0.231. The topological polar surface area (TPSA) is 82.4 Å². The first-order valence-corrected chi connectivity index (χ1v) is 8.06. The Morgan fingerprint density at radius 1 is 1.24 bits per heavy atom. The van der Waals surface area contributed by atoms with E-state index in [0.29, 0.717) is 17.9 Å². The maximum absolute atomic E-state index is 11.9. The maximum atomic E-state index is 11.9. The highest BCUT2D eigenvalue weighted by atomic mass is 16.5. The first-order chi connectivity index (χ1) is 11.9. The van der Waals surface area contributed by atoms with Gasteiger partial charge in [-0.15, -0.1) is 0 Å². The van der Waals surface area contributed by atoms with Gasteiger partial charge in [-0.1, -0.05) is 42.5 Å². The number of aliphatic hydroxyl groups excluding tert-OH is 1. The number of rotatable bonds is 7. The van der Waals surface area contributed by atoms with Crippen LogP contribution in [0.3, 0.4) is 0 Å². The van der Waals surface area contributed by atoms with Crippen LogP contribution >= 0.6 is 0 Å². The normalized spacial score (nSPS) is 12.1. The highest BCUT2D eigenvalue weighted by Crippen LogP contribution is 2.20. The molecule has 0 aromatic heterocycles. The second-order valence-electron chi connectivity index (χ2n) is 6.31. The van der Waals surface area contributed by atoms with Crippen LogP contribution in [0.2, 0.25) is 0 Å². The van der Waals surface area contributed by atoms with E-state index in [2.05, 4.69) is 5.32 Å². The van der Waals surface area contributed by atoms with E-state index in [-0.39, 0.29) is 6.54 Å². The van der Waals surface area contributed by atoms with Crippen LogP contribution in [-0.4, -0.2) is 17.6 Å². The Labute approximate surface area is 147 Å². The molecule has 0 bridgehead atoms. The van der Waals surface area contributed by atoms with E-state index in [1.54, 1.807) is 18.2 Å².